The first kappa shape index (κ1) is 12.3. The predicted octanol–water partition coefficient (Wildman–Crippen LogP) is 4.51. The Bertz CT molecular complexity index is 658. The summed E-state index contributed by atoms with van der Waals surface area (Å²) in [6.07, 6.45) is 3.74. The molecule has 0 atom stereocenters. The second-order valence-corrected chi connectivity index (χ2v) is 6.12. The molecule has 19 heavy (non-hydrogen) atoms. The van der Waals surface area contributed by atoms with Crippen LogP contribution >= 0.6 is 11.8 Å². The molecule has 0 aromatic heterocycles. The molecule has 1 aliphatic rings. The first-order chi connectivity index (χ1) is 9.26. The zero-order valence-corrected chi connectivity index (χ0v) is 11.8. The number of benzene rings is 2. The van der Waals surface area contributed by atoms with Crippen LogP contribution in [0.4, 0.5) is 0 Å². The lowest BCUT2D eigenvalue weighted by Gasteiger charge is -2.06. The maximum atomic E-state index is 8.95. The summed E-state index contributed by atoms with van der Waals surface area (Å²) in [5, 5.41) is 8.95. The second kappa shape index (κ2) is 5.11. The van der Waals surface area contributed by atoms with Crippen LogP contribution in [-0.2, 0) is 12.8 Å². The fourth-order valence-electron chi connectivity index (χ4n) is 2.57. The van der Waals surface area contributed by atoms with E-state index in [0.717, 1.165) is 11.1 Å². The van der Waals surface area contributed by atoms with Gasteiger partial charge in [-0.25, -0.2) is 0 Å². The summed E-state index contributed by atoms with van der Waals surface area (Å²) < 4.78 is 0. The summed E-state index contributed by atoms with van der Waals surface area (Å²) in [4.78, 5) is 2.50. The highest BCUT2D eigenvalue weighted by molar-refractivity contribution is 7.99. The second-order valence-electron chi connectivity index (χ2n) is 4.97. The van der Waals surface area contributed by atoms with E-state index >= 15 is 0 Å². The highest BCUT2D eigenvalue weighted by atomic mass is 32.2. The topological polar surface area (TPSA) is 23.8 Å². The van der Waals surface area contributed by atoms with Crippen molar-refractivity contribution in [1.29, 1.82) is 5.26 Å². The molecule has 2 aromatic rings. The van der Waals surface area contributed by atoms with Gasteiger partial charge in [-0.05, 0) is 73.2 Å². The molecule has 0 saturated heterocycles. The van der Waals surface area contributed by atoms with Crippen LogP contribution in [0.2, 0.25) is 0 Å². The molecule has 1 nitrogen and oxygen atoms in total. The zero-order valence-electron chi connectivity index (χ0n) is 10.9. The average molecular weight is 265 g/mol. The lowest BCUT2D eigenvalue weighted by molar-refractivity contribution is 0.911. The molecule has 0 N–H and O–H groups in total. The van der Waals surface area contributed by atoms with Crippen molar-refractivity contribution in [2.45, 2.75) is 36.0 Å². The molecule has 0 radical (unpaired) electrons. The molecular formula is C17H15NS. The lowest BCUT2D eigenvalue weighted by atomic mass is 10.1. The number of hydrogen-bond acceptors (Lipinski definition) is 2. The monoisotopic (exact) mass is 265 g/mol. The SMILES string of the molecule is Cc1cc(Sc2ccc3c(c2)CCC3)ccc1C#N. The first-order valence-corrected chi connectivity index (χ1v) is 7.38. The maximum absolute atomic E-state index is 8.95. The highest BCUT2D eigenvalue weighted by Crippen LogP contribution is 2.32. The molecule has 0 amide bonds. The van der Waals surface area contributed by atoms with Gasteiger partial charge in [0.2, 0.25) is 0 Å². The van der Waals surface area contributed by atoms with Crippen LogP contribution in [0.15, 0.2) is 46.2 Å². The van der Waals surface area contributed by atoms with Gasteiger partial charge in [-0.1, -0.05) is 17.8 Å². The van der Waals surface area contributed by atoms with Crippen molar-refractivity contribution in [2.24, 2.45) is 0 Å². The number of nitriles is 1. The van der Waals surface area contributed by atoms with Crippen LogP contribution in [-0.4, -0.2) is 0 Å². The van der Waals surface area contributed by atoms with Crippen LogP contribution in [0, 0.1) is 18.3 Å². The number of rotatable bonds is 2. The van der Waals surface area contributed by atoms with Gasteiger partial charge in [0.05, 0.1) is 11.6 Å². The minimum atomic E-state index is 0.762. The highest BCUT2D eigenvalue weighted by Gasteiger charge is 2.11. The quantitative estimate of drug-likeness (QED) is 0.798. The molecule has 0 aliphatic heterocycles. The molecule has 2 heteroatoms. The molecule has 2 aromatic carbocycles. The summed E-state index contributed by atoms with van der Waals surface area (Å²) >= 11 is 1.78. The zero-order chi connectivity index (χ0) is 13.2. The van der Waals surface area contributed by atoms with E-state index < -0.39 is 0 Å². The Hall–Kier alpha value is -1.72. The molecule has 0 heterocycles. The van der Waals surface area contributed by atoms with Gasteiger partial charge in [0, 0.05) is 9.79 Å². The Morgan fingerprint density at radius 1 is 1.00 bits per heavy atom. The van der Waals surface area contributed by atoms with Crippen molar-refractivity contribution in [2.75, 3.05) is 0 Å². The van der Waals surface area contributed by atoms with Crippen LogP contribution in [0.25, 0.3) is 0 Å². The molecule has 0 bridgehead atoms. The van der Waals surface area contributed by atoms with E-state index in [1.54, 1.807) is 11.8 Å². The van der Waals surface area contributed by atoms with Crippen molar-refractivity contribution in [3.8, 4) is 6.07 Å². The third kappa shape index (κ3) is 2.52. The number of hydrogen-bond donors (Lipinski definition) is 0. The van der Waals surface area contributed by atoms with Gasteiger partial charge < -0.3 is 0 Å². The fourth-order valence-corrected chi connectivity index (χ4v) is 3.55. The van der Waals surface area contributed by atoms with Gasteiger partial charge in [-0.3, -0.25) is 0 Å². The normalized spacial score (nSPS) is 13.1. The third-order valence-corrected chi connectivity index (χ3v) is 4.60. The summed E-state index contributed by atoms with van der Waals surface area (Å²) in [6, 6.07) is 15.0. The van der Waals surface area contributed by atoms with Crippen molar-refractivity contribution >= 4 is 11.8 Å². The van der Waals surface area contributed by atoms with E-state index in [0.29, 0.717) is 0 Å². The molecule has 1 aliphatic carbocycles. The Labute approximate surface area is 118 Å². The van der Waals surface area contributed by atoms with Gasteiger partial charge in [0.1, 0.15) is 0 Å². The van der Waals surface area contributed by atoms with E-state index in [2.05, 4.69) is 30.3 Å². The third-order valence-electron chi connectivity index (χ3n) is 3.62. The van der Waals surface area contributed by atoms with Crippen molar-refractivity contribution in [1.82, 2.24) is 0 Å². The van der Waals surface area contributed by atoms with E-state index in [-0.39, 0.29) is 0 Å². The van der Waals surface area contributed by atoms with Crippen molar-refractivity contribution in [3.05, 3.63) is 58.7 Å². The Morgan fingerprint density at radius 2 is 1.74 bits per heavy atom. The van der Waals surface area contributed by atoms with E-state index in [9.17, 15) is 0 Å². The van der Waals surface area contributed by atoms with Crippen LogP contribution in [0.5, 0.6) is 0 Å². The standard InChI is InChI=1S/C17H15NS/c1-12-9-16(8-6-15(12)11-18)19-17-7-5-13-3-2-4-14(13)10-17/h5-10H,2-4H2,1H3. The predicted molar refractivity (Wildman–Crippen MR) is 78.5 cm³/mol. The van der Waals surface area contributed by atoms with Gasteiger partial charge in [-0.15, -0.1) is 0 Å². The molecular weight excluding hydrogens is 250 g/mol. The number of aryl methyl sites for hydroxylation is 3. The number of nitrogens with zero attached hydrogens (tertiary/aromatic N) is 1. The molecule has 0 unspecified atom stereocenters. The van der Waals surface area contributed by atoms with Gasteiger partial charge in [-0.2, -0.15) is 5.26 Å². The van der Waals surface area contributed by atoms with E-state index in [1.807, 2.05) is 19.1 Å². The minimum Gasteiger partial charge on any atom is -0.192 e. The van der Waals surface area contributed by atoms with E-state index in [4.69, 9.17) is 5.26 Å². The molecule has 0 spiro atoms. The average Bonchev–Trinajstić information content (AvgIpc) is 2.86. The van der Waals surface area contributed by atoms with Crippen molar-refractivity contribution in [3.63, 3.8) is 0 Å². The fraction of sp³-hybridized carbons (Fsp3) is 0.235. The molecule has 94 valence electrons. The summed E-state index contributed by atoms with van der Waals surface area (Å²) in [6.45, 7) is 1.99. The van der Waals surface area contributed by atoms with Crippen molar-refractivity contribution < 1.29 is 0 Å². The Balaban J connectivity index is 1.85. The number of fused-ring (bicyclic) bond motifs is 1. The maximum Gasteiger partial charge on any atom is 0.0994 e. The van der Waals surface area contributed by atoms with Gasteiger partial charge in [0.15, 0.2) is 0 Å². The summed E-state index contributed by atoms with van der Waals surface area (Å²) in [5.74, 6) is 0. The first-order valence-electron chi connectivity index (χ1n) is 6.57. The minimum absolute atomic E-state index is 0.762. The summed E-state index contributed by atoms with van der Waals surface area (Å²) in [5.41, 5.74) is 4.84. The Morgan fingerprint density at radius 3 is 2.53 bits per heavy atom. The van der Waals surface area contributed by atoms with Gasteiger partial charge >= 0.3 is 0 Å². The summed E-state index contributed by atoms with van der Waals surface area (Å²) in [7, 11) is 0. The van der Waals surface area contributed by atoms with Crippen LogP contribution < -0.4 is 0 Å². The lowest BCUT2D eigenvalue weighted by Crippen LogP contribution is -1.85. The van der Waals surface area contributed by atoms with Gasteiger partial charge in [0.25, 0.3) is 0 Å². The largest absolute Gasteiger partial charge is 0.192 e. The Kier molecular flexibility index (Phi) is 3.31. The van der Waals surface area contributed by atoms with Crippen LogP contribution in [0.3, 0.4) is 0 Å². The van der Waals surface area contributed by atoms with E-state index in [1.165, 1.54) is 40.2 Å². The smallest absolute Gasteiger partial charge is 0.0994 e. The molecule has 3 rings (SSSR count). The molecule has 0 fully saturated rings. The molecule has 0 saturated carbocycles. The van der Waals surface area contributed by atoms with Crippen LogP contribution in [0.1, 0.15) is 28.7 Å².